The molecular formula is C17H22ClNO2. The molecule has 0 bridgehead atoms. The highest BCUT2D eigenvalue weighted by Gasteiger charge is 2.17. The summed E-state index contributed by atoms with van der Waals surface area (Å²) in [5.41, 5.74) is 1.87. The molecule has 1 fully saturated rings. The van der Waals surface area contributed by atoms with E-state index < -0.39 is 5.97 Å². The first-order chi connectivity index (χ1) is 10.1. The first kappa shape index (κ1) is 15.9. The fraction of sp³-hybridized carbons (Fsp3) is 0.471. The van der Waals surface area contributed by atoms with E-state index in [2.05, 4.69) is 11.8 Å². The van der Waals surface area contributed by atoms with Crippen LogP contribution in [0.25, 0.3) is 6.08 Å². The van der Waals surface area contributed by atoms with Crippen LogP contribution in [0.15, 0.2) is 24.3 Å². The number of rotatable bonds is 4. The zero-order valence-corrected chi connectivity index (χ0v) is 13.1. The second kappa shape index (κ2) is 7.51. The zero-order chi connectivity index (χ0) is 15.2. The van der Waals surface area contributed by atoms with Crippen molar-refractivity contribution in [3.63, 3.8) is 0 Å². The molecule has 1 unspecified atom stereocenters. The van der Waals surface area contributed by atoms with Gasteiger partial charge < -0.3 is 10.0 Å². The molecule has 0 amide bonds. The lowest BCUT2D eigenvalue weighted by Crippen LogP contribution is -2.24. The molecule has 1 aromatic rings. The molecule has 1 heterocycles. The summed E-state index contributed by atoms with van der Waals surface area (Å²) in [6.45, 7) is 4.35. The minimum Gasteiger partial charge on any atom is -0.478 e. The molecular weight excluding hydrogens is 286 g/mol. The van der Waals surface area contributed by atoms with Crippen molar-refractivity contribution in [3.05, 3.63) is 34.9 Å². The lowest BCUT2D eigenvalue weighted by molar-refractivity contribution is -0.131. The molecule has 0 spiro atoms. The van der Waals surface area contributed by atoms with Gasteiger partial charge >= 0.3 is 5.97 Å². The maximum absolute atomic E-state index is 10.5. The van der Waals surface area contributed by atoms with Crippen molar-refractivity contribution in [1.82, 2.24) is 0 Å². The predicted molar refractivity (Wildman–Crippen MR) is 88.0 cm³/mol. The van der Waals surface area contributed by atoms with Crippen LogP contribution in [0.4, 0.5) is 5.69 Å². The molecule has 2 rings (SSSR count). The minimum absolute atomic E-state index is 0.692. The van der Waals surface area contributed by atoms with E-state index in [1.54, 1.807) is 6.08 Å². The number of carboxylic acids is 1. The summed E-state index contributed by atoms with van der Waals surface area (Å²) in [5.74, 6) is -0.125. The molecule has 0 aliphatic carbocycles. The Morgan fingerprint density at radius 2 is 2.24 bits per heavy atom. The Morgan fingerprint density at radius 1 is 1.43 bits per heavy atom. The molecule has 0 aromatic heterocycles. The summed E-state index contributed by atoms with van der Waals surface area (Å²) in [4.78, 5) is 12.9. The van der Waals surface area contributed by atoms with Crippen LogP contribution < -0.4 is 4.90 Å². The fourth-order valence-electron chi connectivity index (χ4n) is 2.87. The Hall–Kier alpha value is -1.48. The van der Waals surface area contributed by atoms with E-state index in [9.17, 15) is 4.79 Å². The molecule has 21 heavy (non-hydrogen) atoms. The van der Waals surface area contributed by atoms with Gasteiger partial charge in [0, 0.05) is 19.2 Å². The van der Waals surface area contributed by atoms with Crippen LogP contribution >= 0.6 is 11.6 Å². The summed E-state index contributed by atoms with van der Waals surface area (Å²) in [7, 11) is 0. The Morgan fingerprint density at radius 3 is 2.90 bits per heavy atom. The summed E-state index contributed by atoms with van der Waals surface area (Å²) >= 11 is 6.38. The standard InChI is InChI=1S/C17H22ClNO2/c1-2-13-4-3-10-19(11-9-13)16-7-5-14(12-15(16)18)6-8-17(20)21/h5-8,12-13H,2-4,9-11H2,1H3,(H,20,21)/b8-6+. The van der Waals surface area contributed by atoms with E-state index >= 15 is 0 Å². The third-order valence-corrected chi connectivity index (χ3v) is 4.46. The molecule has 0 radical (unpaired) electrons. The monoisotopic (exact) mass is 307 g/mol. The third kappa shape index (κ3) is 4.50. The van der Waals surface area contributed by atoms with E-state index in [-0.39, 0.29) is 0 Å². The molecule has 1 saturated heterocycles. The molecule has 114 valence electrons. The van der Waals surface area contributed by atoms with Gasteiger partial charge in [-0.2, -0.15) is 0 Å². The van der Waals surface area contributed by atoms with E-state index in [0.717, 1.165) is 36.3 Å². The number of aliphatic carboxylic acids is 1. The van der Waals surface area contributed by atoms with Gasteiger partial charge in [0.05, 0.1) is 10.7 Å². The van der Waals surface area contributed by atoms with Crippen LogP contribution in [0.2, 0.25) is 5.02 Å². The van der Waals surface area contributed by atoms with Crippen molar-refractivity contribution < 1.29 is 9.90 Å². The largest absolute Gasteiger partial charge is 0.478 e. The average molecular weight is 308 g/mol. The van der Waals surface area contributed by atoms with Crippen LogP contribution in [-0.2, 0) is 4.79 Å². The van der Waals surface area contributed by atoms with Crippen LogP contribution in [0.1, 0.15) is 38.2 Å². The third-order valence-electron chi connectivity index (χ3n) is 4.16. The van der Waals surface area contributed by atoms with Gasteiger partial charge in [-0.15, -0.1) is 0 Å². The second-order valence-corrected chi connectivity index (χ2v) is 5.98. The summed E-state index contributed by atoms with van der Waals surface area (Å²) in [6.07, 6.45) is 7.66. The van der Waals surface area contributed by atoms with Gasteiger partial charge in [-0.1, -0.05) is 31.0 Å². The van der Waals surface area contributed by atoms with Crippen molar-refractivity contribution in [2.45, 2.75) is 32.6 Å². The zero-order valence-electron chi connectivity index (χ0n) is 12.4. The van der Waals surface area contributed by atoms with Crippen molar-refractivity contribution in [1.29, 1.82) is 0 Å². The van der Waals surface area contributed by atoms with Crippen molar-refractivity contribution in [3.8, 4) is 0 Å². The SMILES string of the molecule is CCC1CCCN(c2ccc(/C=C/C(=O)O)cc2Cl)CC1. The molecule has 0 saturated carbocycles. The van der Waals surface area contributed by atoms with Crippen LogP contribution in [-0.4, -0.2) is 24.2 Å². The molecule has 4 heteroatoms. The molecule has 3 nitrogen and oxygen atoms in total. The summed E-state index contributed by atoms with van der Waals surface area (Å²) < 4.78 is 0. The highest BCUT2D eigenvalue weighted by Crippen LogP contribution is 2.30. The highest BCUT2D eigenvalue weighted by molar-refractivity contribution is 6.33. The number of nitrogens with zero attached hydrogens (tertiary/aromatic N) is 1. The van der Waals surface area contributed by atoms with Gasteiger partial charge in [0.15, 0.2) is 0 Å². The average Bonchev–Trinajstić information content (AvgIpc) is 2.70. The smallest absolute Gasteiger partial charge is 0.328 e. The van der Waals surface area contributed by atoms with Crippen LogP contribution in [0.5, 0.6) is 0 Å². The van der Waals surface area contributed by atoms with Crippen molar-refractivity contribution in [2.24, 2.45) is 5.92 Å². The van der Waals surface area contributed by atoms with Gasteiger partial charge in [-0.05, 0) is 49.0 Å². The van der Waals surface area contributed by atoms with Crippen LogP contribution in [0.3, 0.4) is 0 Å². The summed E-state index contributed by atoms with van der Waals surface area (Å²) in [5, 5.41) is 9.35. The Labute approximate surface area is 131 Å². The van der Waals surface area contributed by atoms with Gasteiger partial charge in [0.25, 0.3) is 0 Å². The quantitative estimate of drug-likeness (QED) is 0.835. The Balaban J connectivity index is 2.11. The molecule has 1 atom stereocenters. The number of anilines is 1. The lowest BCUT2D eigenvalue weighted by atomic mass is 9.98. The Bertz CT molecular complexity index is 528. The van der Waals surface area contributed by atoms with Gasteiger partial charge in [0.1, 0.15) is 0 Å². The topological polar surface area (TPSA) is 40.5 Å². The van der Waals surface area contributed by atoms with E-state index in [4.69, 9.17) is 16.7 Å². The number of carbonyl (C=O) groups is 1. The van der Waals surface area contributed by atoms with Gasteiger partial charge in [0.2, 0.25) is 0 Å². The number of halogens is 1. The molecule has 1 aliphatic heterocycles. The first-order valence-electron chi connectivity index (χ1n) is 7.55. The number of benzene rings is 1. The first-order valence-corrected chi connectivity index (χ1v) is 7.93. The van der Waals surface area contributed by atoms with E-state index in [1.165, 1.54) is 25.7 Å². The second-order valence-electron chi connectivity index (χ2n) is 5.57. The molecule has 1 aromatic carbocycles. The number of carboxylic acid groups (broad SMARTS) is 1. The van der Waals surface area contributed by atoms with Gasteiger partial charge in [-0.25, -0.2) is 4.79 Å². The highest BCUT2D eigenvalue weighted by atomic mass is 35.5. The Kier molecular flexibility index (Phi) is 5.68. The fourth-order valence-corrected chi connectivity index (χ4v) is 3.17. The van der Waals surface area contributed by atoms with E-state index in [1.807, 2.05) is 18.2 Å². The molecule has 1 N–H and O–H groups in total. The van der Waals surface area contributed by atoms with Crippen LogP contribution in [0, 0.1) is 5.92 Å². The minimum atomic E-state index is -0.951. The van der Waals surface area contributed by atoms with Crippen molar-refractivity contribution in [2.75, 3.05) is 18.0 Å². The molecule has 1 aliphatic rings. The normalized spacial score (nSPS) is 19.7. The maximum Gasteiger partial charge on any atom is 0.328 e. The lowest BCUT2D eigenvalue weighted by Gasteiger charge is -2.24. The predicted octanol–water partition coefficient (Wildman–Crippen LogP) is 4.45. The van der Waals surface area contributed by atoms with Crippen molar-refractivity contribution >= 4 is 29.3 Å². The number of hydrogen-bond donors (Lipinski definition) is 1. The maximum atomic E-state index is 10.5. The van der Waals surface area contributed by atoms with E-state index in [0.29, 0.717) is 5.02 Å². The number of hydrogen-bond acceptors (Lipinski definition) is 2. The van der Waals surface area contributed by atoms with Gasteiger partial charge in [-0.3, -0.25) is 0 Å². The summed E-state index contributed by atoms with van der Waals surface area (Å²) in [6, 6.07) is 5.75.